The van der Waals surface area contributed by atoms with Crippen molar-refractivity contribution < 1.29 is 28.0 Å². The Morgan fingerprint density at radius 1 is 1.13 bits per heavy atom. The second kappa shape index (κ2) is 8.44. The Morgan fingerprint density at radius 2 is 1.80 bits per heavy atom. The van der Waals surface area contributed by atoms with E-state index < -0.39 is 17.9 Å². The molecule has 0 N–H and O–H groups in total. The van der Waals surface area contributed by atoms with Crippen molar-refractivity contribution in [2.45, 2.75) is 33.4 Å². The highest BCUT2D eigenvalue weighted by Crippen LogP contribution is 2.26. The molecule has 0 saturated carbocycles. The second-order valence-electron chi connectivity index (χ2n) is 7.01. The molecule has 0 radical (unpaired) electrons. The van der Waals surface area contributed by atoms with E-state index in [1.54, 1.807) is 56.7 Å². The molecule has 0 aliphatic carbocycles. The summed E-state index contributed by atoms with van der Waals surface area (Å²) in [6.45, 7) is 5.19. The van der Waals surface area contributed by atoms with Gasteiger partial charge in [-0.05, 0) is 50.6 Å². The first-order chi connectivity index (χ1) is 14.3. The van der Waals surface area contributed by atoms with Crippen molar-refractivity contribution in [3.63, 3.8) is 0 Å². The molecule has 0 spiro atoms. The number of hydrogen-bond donors (Lipinski definition) is 0. The number of rotatable bonds is 7. The van der Waals surface area contributed by atoms with Gasteiger partial charge in [0.15, 0.2) is 11.5 Å². The number of hydrogen-bond acceptors (Lipinski definition) is 6. The molecule has 0 aliphatic heterocycles. The Bertz CT molecular complexity index is 1060. The lowest BCUT2D eigenvalue weighted by Gasteiger charge is -2.27. The van der Waals surface area contributed by atoms with Gasteiger partial charge in [0.25, 0.3) is 5.91 Å². The average molecular weight is 412 g/mol. The molecule has 0 aliphatic rings. The van der Waals surface area contributed by atoms with Crippen LogP contribution in [0.5, 0.6) is 0 Å². The first-order valence-corrected chi connectivity index (χ1v) is 9.43. The topological polar surface area (TPSA) is 94.9 Å². The van der Waals surface area contributed by atoms with Gasteiger partial charge in [-0.15, -0.1) is 0 Å². The quantitative estimate of drug-likeness (QED) is 0.435. The Morgan fingerprint density at radius 3 is 2.37 bits per heavy atom. The van der Waals surface area contributed by atoms with Crippen molar-refractivity contribution in [3.05, 3.63) is 70.8 Å². The maximum absolute atomic E-state index is 13.5. The van der Waals surface area contributed by atoms with E-state index in [0.717, 1.165) is 0 Å². The standard InChI is InChI=1S/C22H24N2O6/c1-13-18(14(2)23(4)19(13)22(27)28-5)20(25)15(3)24(12-16-8-6-10-29-16)21(26)17-9-7-11-30-17/h6-11,15H,12H2,1-5H3/t15-/m1/s1. The van der Waals surface area contributed by atoms with Crippen molar-refractivity contribution in [2.75, 3.05) is 7.11 Å². The molecule has 3 aromatic rings. The Kier molecular flexibility index (Phi) is 5.96. The van der Waals surface area contributed by atoms with Crippen molar-refractivity contribution in [1.29, 1.82) is 0 Å². The number of amides is 1. The lowest BCUT2D eigenvalue weighted by Crippen LogP contribution is -2.43. The van der Waals surface area contributed by atoms with Crippen molar-refractivity contribution in [2.24, 2.45) is 7.05 Å². The van der Waals surface area contributed by atoms with Gasteiger partial charge in [-0.3, -0.25) is 9.59 Å². The Labute approximate surface area is 174 Å². The fourth-order valence-electron chi connectivity index (χ4n) is 3.57. The average Bonchev–Trinajstić information content (AvgIpc) is 3.47. The second-order valence-corrected chi connectivity index (χ2v) is 7.01. The van der Waals surface area contributed by atoms with Crippen LogP contribution in [0.25, 0.3) is 0 Å². The molecule has 0 saturated heterocycles. The first kappa shape index (κ1) is 21.2. The van der Waals surface area contributed by atoms with E-state index in [2.05, 4.69) is 0 Å². The summed E-state index contributed by atoms with van der Waals surface area (Å²) in [5.41, 5.74) is 1.83. The zero-order valence-electron chi connectivity index (χ0n) is 17.6. The third-order valence-corrected chi connectivity index (χ3v) is 5.30. The van der Waals surface area contributed by atoms with Gasteiger partial charge in [-0.25, -0.2) is 4.79 Å². The number of methoxy groups -OCH3 is 1. The summed E-state index contributed by atoms with van der Waals surface area (Å²) < 4.78 is 17.1. The van der Waals surface area contributed by atoms with Crippen molar-refractivity contribution in [1.82, 2.24) is 9.47 Å². The Balaban J connectivity index is 2.00. The first-order valence-electron chi connectivity index (χ1n) is 9.43. The van der Waals surface area contributed by atoms with E-state index in [1.165, 1.54) is 24.5 Å². The van der Waals surface area contributed by atoms with Gasteiger partial charge < -0.3 is 23.0 Å². The molecular weight excluding hydrogens is 388 g/mol. The zero-order chi connectivity index (χ0) is 22.0. The van der Waals surface area contributed by atoms with Gasteiger partial charge in [0, 0.05) is 18.3 Å². The minimum Gasteiger partial charge on any atom is -0.467 e. The molecule has 158 valence electrons. The zero-order valence-corrected chi connectivity index (χ0v) is 17.6. The smallest absolute Gasteiger partial charge is 0.354 e. The number of ether oxygens (including phenoxy) is 1. The molecular formula is C22H24N2O6. The molecule has 0 bridgehead atoms. The van der Waals surface area contributed by atoms with Crippen LogP contribution in [0.15, 0.2) is 45.6 Å². The summed E-state index contributed by atoms with van der Waals surface area (Å²) >= 11 is 0. The van der Waals surface area contributed by atoms with Crippen LogP contribution in [0.2, 0.25) is 0 Å². The highest BCUT2D eigenvalue weighted by atomic mass is 16.5. The minimum absolute atomic E-state index is 0.0915. The van der Waals surface area contributed by atoms with E-state index in [0.29, 0.717) is 28.3 Å². The maximum atomic E-state index is 13.5. The van der Waals surface area contributed by atoms with E-state index in [1.807, 2.05) is 0 Å². The molecule has 1 amide bonds. The molecule has 8 heteroatoms. The van der Waals surface area contributed by atoms with Crippen LogP contribution < -0.4 is 0 Å². The molecule has 0 unspecified atom stereocenters. The summed E-state index contributed by atoms with van der Waals surface area (Å²) in [5, 5.41) is 0. The number of aromatic nitrogens is 1. The van der Waals surface area contributed by atoms with Gasteiger partial charge in [-0.1, -0.05) is 0 Å². The van der Waals surface area contributed by atoms with E-state index in [9.17, 15) is 14.4 Å². The third-order valence-electron chi connectivity index (χ3n) is 5.30. The van der Waals surface area contributed by atoms with E-state index in [4.69, 9.17) is 13.6 Å². The van der Waals surface area contributed by atoms with E-state index >= 15 is 0 Å². The van der Waals surface area contributed by atoms with Crippen LogP contribution in [-0.4, -0.2) is 40.3 Å². The number of carbonyl (C=O) groups excluding carboxylic acids is 3. The molecule has 8 nitrogen and oxygen atoms in total. The number of carbonyl (C=O) groups is 3. The highest BCUT2D eigenvalue weighted by molar-refractivity contribution is 6.07. The molecule has 1 atom stereocenters. The van der Waals surface area contributed by atoms with Crippen molar-refractivity contribution in [3.8, 4) is 0 Å². The molecule has 30 heavy (non-hydrogen) atoms. The lowest BCUT2D eigenvalue weighted by atomic mass is 9.99. The van der Waals surface area contributed by atoms with Crippen LogP contribution in [0.1, 0.15) is 55.3 Å². The van der Waals surface area contributed by atoms with Gasteiger partial charge in [0.05, 0.1) is 32.2 Å². The fourth-order valence-corrected chi connectivity index (χ4v) is 3.57. The molecule has 3 aromatic heterocycles. The van der Waals surface area contributed by atoms with Crippen LogP contribution in [0, 0.1) is 13.8 Å². The van der Waals surface area contributed by atoms with Gasteiger partial charge in [-0.2, -0.15) is 0 Å². The van der Waals surface area contributed by atoms with Crippen LogP contribution >= 0.6 is 0 Å². The maximum Gasteiger partial charge on any atom is 0.354 e. The number of ketones is 1. The summed E-state index contributed by atoms with van der Waals surface area (Å²) in [5.74, 6) is -0.591. The third kappa shape index (κ3) is 3.68. The predicted octanol–water partition coefficient (Wildman–Crippen LogP) is 3.53. The molecule has 0 fully saturated rings. The normalized spacial score (nSPS) is 11.9. The van der Waals surface area contributed by atoms with Crippen LogP contribution in [-0.2, 0) is 18.3 Å². The number of nitrogens with zero attached hydrogens (tertiary/aromatic N) is 2. The van der Waals surface area contributed by atoms with Gasteiger partial charge in [0.2, 0.25) is 0 Å². The summed E-state index contributed by atoms with van der Waals surface area (Å²) in [7, 11) is 2.99. The number of furan rings is 2. The fraction of sp³-hybridized carbons (Fsp3) is 0.318. The molecule has 3 rings (SSSR count). The van der Waals surface area contributed by atoms with Gasteiger partial charge >= 0.3 is 5.97 Å². The predicted molar refractivity (Wildman–Crippen MR) is 107 cm³/mol. The SMILES string of the molecule is COC(=O)c1c(C)c(C(=O)[C@@H](C)N(Cc2ccco2)C(=O)c2ccco2)c(C)n1C. The minimum atomic E-state index is -0.835. The highest BCUT2D eigenvalue weighted by Gasteiger charge is 2.34. The van der Waals surface area contributed by atoms with Crippen molar-refractivity contribution >= 4 is 17.7 Å². The number of esters is 1. The van der Waals surface area contributed by atoms with Crippen LogP contribution in [0.3, 0.4) is 0 Å². The van der Waals surface area contributed by atoms with E-state index in [-0.39, 0.29) is 18.1 Å². The summed E-state index contributed by atoms with van der Waals surface area (Å²) in [6.07, 6.45) is 2.91. The summed E-state index contributed by atoms with van der Waals surface area (Å²) in [6, 6.07) is 5.76. The largest absolute Gasteiger partial charge is 0.467 e. The molecule has 0 aromatic carbocycles. The lowest BCUT2D eigenvalue weighted by molar-refractivity contribution is 0.0572. The van der Waals surface area contributed by atoms with Gasteiger partial charge in [0.1, 0.15) is 11.5 Å². The van der Waals surface area contributed by atoms with Crippen LogP contribution in [0.4, 0.5) is 0 Å². The monoisotopic (exact) mass is 412 g/mol. The number of Topliss-reactive ketones (excluding diaryl/α,β-unsaturated/α-hetero) is 1. The Hall–Kier alpha value is -3.55. The molecule has 3 heterocycles. The summed E-state index contributed by atoms with van der Waals surface area (Å²) in [4.78, 5) is 40.1.